The molecule has 1 saturated heterocycles. The van der Waals surface area contributed by atoms with Crippen LogP contribution >= 0.6 is 0 Å². The number of hydrogen-bond donors (Lipinski definition) is 0. The van der Waals surface area contributed by atoms with E-state index in [0.29, 0.717) is 13.1 Å². The van der Waals surface area contributed by atoms with E-state index in [1.807, 2.05) is 4.90 Å². The van der Waals surface area contributed by atoms with Gasteiger partial charge in [-0.05, 0) is 32.6 Å². The third-order valence-electron chi connectivity index (χ3n) is 4.84. The Kier molecular flexibility index (Phi) is 7.83. The summed E-state index contributed by atoms with van der Waals surface area (Å²) in [5.74, 6) is 0.529. The highest BCUT2D eigenvalue weighted by atomic mass is 32.2. The Morgan fingerprint density at radius 2 is 1.82 bits per heavy atom. The van der Waals surface area contributed by atoms with Gasteiger partial charge in [0.2, 0.25) is 15.9 Å². The lowest BCUT2D eigenvalue weighted by molar-refractivity contribution is -0.137. The fraction of sp³-hybridized carbons (Fsp3) is 0.938. The molecule has 1 atom stereocenters. The van der Waals surface area contributed by atoms with Gasteiger partial charge in [0.15, 0.2) is 0 Å². The van der Waals surface area contributed by atoms with Crippen LogP contribution in [0.2, 0.25) is 0 Å². The first kappa shape index (κ1) is 19.4. The van der Waals surface area contributed by atoms with Crippen molar-refractivity contribution in [1.29, 1.82) is 0 Å². The zero-order valence-electron chi connectivity index (χ0n) is 14.5. The van der Waals surface area contributed by atoms with Crippen molar-refractivity contribution in [3.8, 4) is 0 Å². The third-order valence-corrected chi connectivity index (χ3v) is 6.75. The SMILES string of the molecule is CCCCC(CC)C(=O)N1CCC(N(C)S(=O)(=O)CC)CC1. The first-order valence-electron chi connectivity index (χ1n) is 8.61. The average Bonchev–Trinajstić information content (AvgIpc) is 2.54. The van der Waals surface area contributed by atoms with Gasteiger partial charge in [-0.1, -0.05) is 26.7 Å². The van der Waals surface area contributed by atoms with E-state index in [1.165, 1.54) is 4.31 Å². The largest absolute Gasteiger partial charge is 0.342 e. The fourth-order valence-electron chi connectivity index (χ4n) is 3.09. The van der Waals surface area contributed by atoms with Gasteiger partial charge in [-0.25, -0.2) is 12.7 Å². The number of sulfonamides is 1. The molecule has 0 saturated carbocycles. The van der Waals surface area contributed by atoms with E-state index in [2.05, 4.69) is 13.8 Å². The fourth-order valence-corrected chi connectivity index (χ4v) is 4.16. The van der Waals surface area contributed by atoms with Crippen molar-refractivity contribution in [2.45, 2.75) is 65.3 Å². The van der Waals surface area contributed by atoms with E-state index in [1.54, 1.807) is 14.0 Å². The van der Waals surface area contributed by atoms with Crippen molar-refractivity contribution in [2.75, 3.05) is 25.9 Å². The predicted molar refractivity (Wildman–Crippen MR) is 90.1 cm³/mol. The molecule has 1 aliphatic rings. The van der Waals surface area contributed by atoms with Crippen molar-refractivity contribution in [3.05, 3.63) is 0 Å². The number of unbranched alkanes of at least 4 members (excludes halogenated alkanes) is 1. The van der Waals surface area contributed by atoms with Crippen LogP contribution in [0.3, 0.4) is 0 Å². The predicted octanol–water partition coefficient (Wildman–Crippen LogP) is 2.48. The lowest BCUT2D eigenvalue weighted by Gasteiger charge is -2.37. The van der Waals surface area contributed by atoms with Crippen LogP contribution in [-0.4, -0.2) is 55.5 Å². The highest BCUT2D eigenvalue weighted by molar-refractivity contribution is 7.89. The van der Waals surface area contributed by atoms with Crippen LogP contribution in [0.5, 0.6) is 0 Å². The van der Waals surface area contributed by atoms with Gasteiger partial charge in [-0.2, -0.15) is 0 Å². The van der Waals surface area contributed by atoms with Gasteiger partial charge in [0, 0.05) is 32.1 Å². The Hall–Kier alpha value is -0.620. The highest BCUT2D eigenvalue weighted by Crippen LogP contribution is 2.22. The minimum absolute atomic E-state index is 0.0321. The van der Waals surface area contributed by atoms with Gasteiger partial charge in [0.25, 0.3) is 0 Å². The molecule has 1 aliphatic heterocycles. The molecule has 0 spiro atoms. The Morgan fingerprint density at radius 1 is 1.23 bits per heavy atom. The average molecular weight is 333 g/mol. The van der Waals surface area contributed by atoms with Crippen molar-refractivity contribution in [3.63, 3.8) is 0 Å². The number of piperidine rings is 1. The molecule has 1 unspecified atom stereocenters. The van der Waals surface area contributed by atoms with Crippen LogP contribution in [-0.2, 0) is 14.8 Å². The summed E-state index contributed by atoms with van der Waals surface area (Å²) in [7, 11) is -1.47. The second kappa shape index (κ2) is 8.87. The molecule has 0 radical (unpaired) electrons. The van der Waals surface area contributed by atoms with E-state index in [9.17, 15) is 13.2 Å². The Balaban J connectivity index is 2.56. The number of hydrogen-bond acceptors (Lipinski definition) is 3. The molecule has 0 aromatic heterocycles. The van der Waals surface area contributed by atoms with Gasteiger partial charge >= 0.3 is 0 Å². The molecule has 5 nitrogen and oxygen atoms in total. The first-order chi connectivity index (χ1) is 10.4. The Morgan fingerprint density at radius 3 is 2.27 bits per heavy atom. The van der Waals surface area contributed by atoms with Crippen molar-refractivity contribution in [2.24, 2.45) is 5.92 Å². The number of amides is 1. The van der Waals surface area contributed by atoms with Crippen LogP contribution in [0.25, 0.3) is 0 Å². The maximum atomic E-state index is 12.6. The normalized spacial score (nSPS) is 18.7. The Labute approximate surface area is 136 Å². The molecule has 0 aromatic carbocycles. The molecule has 1 rings (SSSR count). The first-order valence-corrected chi connectivity index (χ1v) is 10.2. The summed E-state index contributed by atoms with van der Waals surface area (Å²) < 4.78 is 25.4. The molecular formula is C16H32N2O3S. The lowest BCUT2D eigenvalue weighted by Crippen LogP contribution is -2.48. The highest BCUT2D eigenvalue weighted by Gasteiger charge is 2.31. The molecule has 6 heteroatoms. The lowest BCUT2D eigenvalue weighted by atomic mass is 9.96. The summed E-state index contributed by atoms with van der Waals surface area (Å²) in [5.41, 5.74) is 0. The van der Waals surface area contributed by atoms with Crippen LogP contribution in [0, 0.1) is 5.92 Å². The van der Waals surface area contributed by atoms with E-state index >= 15 is 0 Å². The van der Waals surface area contributed by atoms with Crippen molar-refractivity contribution >= 4 is 15.9 Å². The summed E-state index contributed by atoms with van der Waals surface area (Å²) >= 11 is 0. The van der Waals surface area contributed by atoms with Gasteiger partial charge in [-0.3, -0.25) is 4.79 Å². The van der Waals surface area contributed by atoms with Gasteiger partial charge in [0.1, 0.15) is 0 Å². The van der Waals surface area contributed by atoms with E-state index in [-0.39, 0.29) is 23.6 Å². The molecular weight excluding hydrogens is 300 g/mol. The molecule has 1 heterocycles. The standard InChI is InChI=1S/C16H32N2O3S/c1-5-8-9-14(6-2)16(19)18-12-10-15(11-13-18)17(4)22(20,21)7-3/h14-15H,5-13H2,1-4H3. The second-order valence-electron chi connectivity index (χ2n) is 6.22. The summed E-state index contributed by atoms with van der Waals surface area (Å²) in [6, 6.07) is 0.0321. The van der Waals surface area contributed by atoms with Crippen LogP contribution < -0.4 is 0 Å². The number of nitrogens with zero attached hydrogens (tertiary/aromatic N) is 2. The molecule has 0 aliphatic carbocycles. The van der Waals surface area contributed by atoms with Gasteiger partial charge in [0.05, 0.1) is 5.75 Å². The summed E-state index contributed by atoms with van der Waals surface area (Å²) in [4.78, 5) is 14.5. The van der Waals surface area contributed by atoms with Crippen LogP contribution in [0.1, 0.15) is 59.3 Å². The topological polar surface area (TPSA) is 57.7 Å². The van der Waals surface area contributed by atoms with Crippen LogP contribution in [0.15, 0.2) is 0 Å². The quantitative estimate of drug-likeness (QED) is 0.686. The smallest absolute Gasteiger partial charge is 0.225 e. The summed E-state index contributed by atoms with van der Waals surface area (Å²) in [6.45, 7) is 7.24. The molecule has 130 valence electrons. The van der Waals surface area contributed by atoms with Gasteiger partial charge in [-0.15, -0.1) is 0 Å². The maximum Gasteiger partial charge on any atom is 0.225 e. The van der Waals surface area contributed by atoms with E-state index in [0.717, 1.165) is 38.5 Å². The maximum absolute atomic E-state index is 12.6. The zero-order valence-corrected chi connectivity index (χ0v) is 15.4. The summed E-state index contributed by atoms with van der Waals surface area (Å²) in [5, 5.41) is 0. The summed E-state index contributed by atoms with van der Waals surface area (Å²) in [6.07, 6.45) is 5.56. The number of carbonyl (C=O) groups excluding carboxylic acids is 1. The van der Waals surface area contributed by atoms with Crippen molar-refractivity contribution < 1.29 is 13.2 Å². The number of likely N-dealkylation sites (tertiary alicyclic amines) is 1. The molecule has 1 amide bonds. The molecule has 1 fully saturated rings. The zero-order chi connectivity index (χ0) is 16.8. The minimum Gasteiger partial charge on any atom is -0.342 e. The molecule has 22 heavy (non-hydrogen) atoms. The van der Waals surface area contributed by atoms with Crippen LogP contribution in [0.4, 0.5) is 0 Å². The number of carbonyl (C=O) groups is 1. The second-order valence-corrected chi connectivity index (χ2v) is 8.54. The minimum atomic E-state index is -3.14. The molecule has 0 aromatic rings. The van der Waals surface area contributed by atoms with Gasteiger partial charge < -0.3 is 4.90 Å². The Bertz CT molecular complexity index is 442. The monoisotopic (exact) mass is 332 g/mol. The van der Waals surface area contributed by atoms with E-state index in [4.69, 9.17) is 0 Å². The number of rotatable bonds is 8. The molecule has 0 N–H and O–H groups in total. The van der Waals surface area contributed by atoms with Crippen molar-refractivity contribution in [1.82, 2.24) is 9.21 Å². The third kappa shape index (κ3) is 4.95. The van der Waals surface area contributed by atoms with E-state index < -0.39 is 10.0 Å². The molecule has 0 bridgehead atoms.